The fourth-order valence-electron chi connectivity index (χ4n) is 2.16. The van der Waals surface area contributed by atoms with Gasteiger partial charge in [-0.05, 0) is 37.3 Å². The second kappa shape index (κ2) is 8.79. The Morgan fingerprint density at radius 3 is 2.35 bits per heavy atom. The van der Waals surface area contributed by atoms with Gasteiger partial charge in [0.15, 0.2) is 0 Å². The van der Waals surface area contributed by atoms with Crippen LogP contribution in [0.5, 0.6) is 5.75 Å². The lowest BCUT2D eigenvalue weighted by Crippen LogP contribution is -2.25. The summed E-state index contributed by atoms with van der Waals surface area (Å²) in [7, 11) is -1.22. The fraction of sp³-hybridized carbons (Fsp3) is 0.278. The molecule has 140 valence electrons. The summed E-state index contributed by atoms with van der Waals surface area (Å²) in [5.41, 5.74) is 1.00. The van der Waals surface area contributed by atoms with Crippen molar-refractivity contribution >= 4 is 16.0 Å². The highest BCUT2D eigenvalue weighted by molar-refractivity contribution is 7.89. The summed E-state index contributed by atoms with van der Waals surface area (Å²) in [6, 6.07) is 12.7. The van der Waals surface area contributed by atoms with Gasteiger partial charge in [0.2, 0.25) is 0 Å². The Bertz CT molecular complexity index is 848. The molecule has 0 aliphatic rings. The monoisotopic (exact) mass is 379 g/mol. The Kier molecular flexibility index (Phi) is 6.73. The van der Waals surface area contributed by atoms with E-state index in [1.807, 2.05) is 25.1 Å². The normalized spacial score (nSPS) is 11.4. The third kappa shape index (κ3) is 4.60. The van der Waals surface area contributed by atoms with Crippen LogP contribution in [0.15, 0.2) is 53.4 Å². The fourth-order valence-corrected chi connectivity index (χ4v) is 3.13. The summed E-state index contributed by atoms with van der Waals surface area (Å²) in [4.78, 5) is 16.9. The molecule has 0 N–H and O–H groups in total. The lowest BCUT2D eigenvalue weighted by atomic mass is 10.2. The quantitative estimate of drug-likeness (QED) is 0.518. The topological polar surface area (TPSA) is 82.1 Å². The van der Waals surface area contributed by atoms with Gasteiger partial charge >= 0.3 is 5.97 Å². The molecule has 8 heteroatoms. The van der Waals surface area contributed by atoms with Crippen molar-refractivity contribution in [2.75, 3.05) is 20.8 Å². The van der Waals surface area contributed by atoms with Crippen LogP contribution < -0.4 is 4.74 Å². The summed E-state index contributed by atoms with van der Waals surface area (Å²) >= 11 is 0. The van der Waals surface area contributed by atoms with Gasteiger partial charge in [-0.1, -0.05) is 22.7 Å². The highest BCUT2D eigenvalue weighted by Crippen LogP contribution is 2.20. The molecule has 2 aromatic rings. The average molecular weight is 379 g/mol. The number of hydrogen-bond donors (Lipinski definition) is 0. The molecule has 0 radical (unpaired) electrons. The second-order valence-corrected chi connectivity index (χ2v) is 7.17. The number of hydroxylamine groups is 1. The number of benzene rings is 2. The minimum Gasteiger partial charge on any atom is -0.493 e. The van der Waals surface area contributed by atoms with Crippen molar-refractivity contribution in [3.63, 3.8) is 0 Å². The van der Waals surface area contributed by atoms with Crippen LogP contribution in [-0.2, 0) is 26.2 Å². The largest absolute Gasteiger partial charge is 0.493 e. The number of nitrogens with zero attached hydrogens (tertiary/aromatic N) is 1. The van der Waals surface area contributed by atoms with Crippen molar-refractivity contribution in [2.24, 2.45) is 0 Å². The first kappa shape index (κ1) is 19.9. The first-order valence-corrected chi connectivity index (χ1v) is 9.35. The molecule has 0 saturated carbocycles. The van der Waals surface area contributed by atoms with Gasteiger partial charge in [0.05, 0.1) is 24.2 Å². The van der Waals surface area contributed by atoms with E-state index in [1.54, 1.807) is 6.07 Å². The molecule has 0 spiro atoms. The molecule has 0 unspecified atom stereocenters. The Hall–Kier alpha value is -2.42. The van der Waals surface area contributed by atoms with Gasteiger partial charge in [-0.3, -0.25) is 4.84 Å². The van der Waals surface area contributed by atoms with Crippen molar-refractivity contribution < 1.29 is 27.5 Å². The summed E-state index contributed by atoms with van der Waals surface area (Å²) < 4.78 is 35.8. The third-order valence-corrected chi connectivity index (χ3v) is 5.31. The van der Waals surface area contributed by atoms with Gasteiger partial charge in [-0.15, -0.1) is 0 Å². The standard InChI is InChI=1S/C18H21NO6S/c1-4-24-17-8-6-5-7-15(17)13-25-18(20)14-9-11-16(12-10-14)26(21,22)19(2)23-3/h5-12H,4,13H2,1-3H3. The summed E-state index contributed by atoms with van der Waals surface area (Å²) in [6.07, 6.45) is 0. The number of carbonyl (C=O) groups is 1. The van der Waals surface area contributed by atoms with E-state index in [-0.39, 0.29) is 17.1 Å². The van der Waals surface area contributed by atoms with Crippen LogP contribution in [0.25, 0.3) is 0 Å². The number of para-hydroxylation sites is 1. The highest BCUT2D eigenvalue weighted by Gasteiger charge is 2.21. The van der Waals surface area contributed by atoms with E-state index >= 15 is 0 Å². The van der Waals surface area contributed by atoms with E-state index < -0.39 is 16.0 Å². The number of esters is 1. The molecular formula is C18H21NO6S. The maximum atomic E-state index is 12.2. The first-order chi connectivity index (χ1) is 12.4. The minimum atomic E-state index is -3.76. The van der Waals surface area contributed by atoms with E-state index in [2.05, 4.69) is 0 Å². The molecular weight excluding hydrogens is 358 g/mol. The van der Waals surface area contributed by atoms with Crippen LogP contribution >= 0.6 is 0 Å². The first-order valence-electron chi connectivity index (χ1n) is 7.91. The van der Waals surface area contributed by atoms with Crippen LogP contribution in [-0.4, -0.2) is 39.6 Å². The van der Waals surface area contributed by atoms with E-state index in [9.17, 15) is 13.2 Å². The van der Waals surface area contributed by atoms with Crippen molar-refractivity contribution in [1.29, 1.82) is 0 Å². The molecule has 0 atom stereocenters. The number of sulfonamides is 1. The average Bonchev–Trinajstić information content (AvgIpc) is 2.66. The van der Waals surface area contributed by atoms with Crippen LogP contribution in [0.3, 0.4) is 0 Å². The van der Waals surface area contributed by atoms with E-state index in [0.29, 0.717) is 12.4 Å². The van der Waals surface area contributed by atoms with E-state index in [1.165, 1.54) is 38.4 Å². The molecule has 7 nitrogen and oxygen atoms in total. The van der Waals surface area contributed by atoms with Crippen molar-refractivity contribution in [3.8, 4) is 5.75 Å². The lowest BCUT2D eigenvalue weighted by Gasteiger charge is -2.14. The highest BCUT2D eigenvalue weighted by atomic mass is 32.2. The van der Waals surface area contributed by atoms with Crippen LogP contribution in [0.4, 0.5) is 0 Å². The smallest absolute Gasteiger partial charge is 0.338 e. The maximum Gasteiger partial charge on any atom is 0.338 e. The van der Waals surface area contributed by atoms with Gasteiger partial charge in [0.1, 0.15) is 12.4 Å². The van der Waals surface area contributed by atoms with E-state index in [4.69, 9.17) is 14.3 Å². The second-order valence-electron chi connectivity index (χ2n) is 5.24. The predicted octanol–water partition coefficient (Wildman–Crippen LogP) is 2.62. The molecule has 0 aromatic heterocycles. The summed E-state index contributed by atoms with van der Waals surface area (Å²) in [5.74, 6) is 0.104. The number of rotatable bonds is 8. The molecule has 2 aromatic carbocycles. The minimum absolute atomic E-state index is 0.0140. The number of carbonyl (C=O) groups excluding carboxylic acids is 1. The zero-order valence-corrected chi connectivity index (χ0v) is 15.7. The Labute approximate surface area is 153 Å². The Morgan fingerprint density at radius 1 is 1.08 bits per heavy atom. The number of ether oxygens (including phenoxy) is 2. The summed E-state index contributed by atoms with van der Waals surface area (Å²) in [5, 5.41) is 0. The molecule has 0 amide bonds. The Morgan fingerprint density at radius 2 is 1.73 bits per heavy atom. The molecule has 0 aliphatic carbocycles. The van der Waals surface area contributed by atoms with Gasteiger partial charge in [-0.2, -0.15) is 0 Å². The molecule has 0 aliphatic heterocycles. The molecule has 0 fully saturated rings. The lowest BCUT2D eigenvalue weighted by molar-refractivity contribution is -0.0258. The third-order valence-electron chi connectivity index (χ3n) is 3.61. The van der Waals surface area contributed by atoms with Crippen LogP contribution in [0.2, 0.25) is 0 Å². The summed E-state index contributed by atoms with van der Waals surface area (Å²) in [6.45, 7) is 2.44. The molecule has 0 saturated heterocycles. The SMILES string of the molecule is CCOc1ccccc1COC(=O)c1ccc(S(=O)(=O)N(C)OC)cc1. The van der Waals surface area contributed by atoms with Crippen molar-refractivity contribution in [1.82, 2.24) is 4.47 Å². The van der Waals surface area contributed by atoms with Crippen LogP contribution in [0, 0.1) is 0 Å². The maximum absolute atomic E-state index is 12.2. The Balaban J connectivity index is 2.07. The van der Waals surface area contributed by atoms with Crippen LogP contribution in [0.1, 0.15) is 22.8 Å². The van der Waals surface area contributed by atoms with E-state index in [0.717, 1.165) is 10.0 Å². The van der Waals surface area contributed by atoms with Crippen molar-refractivity contribution in [3.05, 3.63) is 59.7 Å². The predicted molar refractivity (Wildman–Crippen MR) is 95.1 cm³/mol. The van der Waals surface area contributed by atoms with Gasteiger partial charge in [0, 0.05) is 12.6 Å². The molecule has 0 bridgehead atoms. The van der Waals surface area contributed by atoms with Gasteiger partial charge < -0.3 is 9.47 Å². The molecule has 0 heterocycles. The van der Waals surface area contributed by atoms with Gasteiger partial charge in [-0.25, -0.2) is 13.2 Å². The van der Waals surface area contributed by atoms with Gasteiger partial charge in [0.25, 0.3) is 10.0 Å². The van der Waals surface area contributed by atoms with Crippen molar-refractivity contribution in [2.45, 2.75) is 18.4 Å². The zero-order valence-electron chi connectivity index (χ0n) is 14.8. The molecule has 26 heavy (non-hydrogen) atoms. The number of hydrogen-bond acceptors (Lipinski definition) is 6. The molecule has 2 rings (SSSR count). The zero-order chi connectivity index (χ0) is 19.2.